The zero-order chi connectivity index (χ0) is 15.2. The summed E-state index contributed by atoms with van der Waals surface area (Å²) >= 11 is 0. The van der Waals surface area contributed by atoms with E-state index in [9.17, 15) is 22.4 Å². The average Bonchev–Trinajstić information content (AvgIpc) is 2.35. The SMILES string of the molecule is O=C(NCC(F)(F)F)c1ccc(C#CCCO)cc1F. The fraction of sp³-hybridized carbons (Fsp3) is 0.308. The number of benzene rings is 1. The largest absolute Gasteiger partial charge is 0.405 e. The van der Waals surface area contributed by atoms with Gasteiger partial charge in [-0.1, -0.05) is 11.8 Å². The van der Waals surface area contributed by atoms with Gasteiger partial charge in [-0.25, -0.2) is 4.39 Å². The number of alkyl halides is 3. The summed E-state index contributed by atoms with van der Waals surface area (Å²) in [5.41, 5.74) is -0.217. The zero-order valence-electron chi connectivity index (χ0n) is 10.2. The minimum Gasteiger partial charge on any atom is -0.395 e. The van der Waals surface area contributed by atoms with Crippen LogP contribution >= 0.6 is 0 Å². The van der Waals surface area contributed by atoms with Gasteiger partial charge >= 0.3 is 6.18 Å². The maximum absolute atomic E-state index is 13.6. The third-order valence-corrected chi connectivity index (χ3v) is 2.13. The second kappa shape index (κ2) is 6.91. The van der Waals surface area contributed by atoms with E-state index in [-0.39, 0.29) is 18.6 Å². The summed E-state index contributed by atoms with van der Waals surface area (Å²) in [5, 5.41) is 10.1. The number of aliphatic hydroxyl groups is 1. The average molecular weight is 289 g/mol. The summed E-state index contributed by atoms with van der Waals surface area (Å²) in [6, 6.07) is 3.33. The molecule has 0 unspecified atom stereocenters. The van der Waals surface area contributed by atoms with Crippen LogP contribution in [0.15, 0.2) is 18.2 Å². The van der Waals surface area contributed by atoms with Gasteiger partial charge in [-0.05, 0) is 18.2 Å². The van der Waals surface area contributed by atoms with Crippen LogP contribution in [0.5, 0.6) is 0 Å². The second-order valence-corrected chi connectivity index (χ2v) is 3.77. The zero-order valence-corrected chi connectivity index (χ0v) is 10.2. The Balaban J connectivity index is 2.78. The first-order chi connectivity index (χ1) is 9.33. The predicted octanol–water partition coefficient (Wildman–Crippen LogP) is 1.85. The van der Waals surface area contributed by atoms with E-state index in [2.05, 4.69) is 11.8 Å². The second-order valence-electron chi connectivity index (χ2n) is 3.77. The Morgan fingerprint density at radius 3 is 2.60 bits per heavy atom. The van der Waals surface area contributed by atoms with Gasteiger partial charge in [0.2, 0.25) is 0 Å². The standard InChI is InChI=1S/C13H11F4NO2/c14-11-7-9(3-1-2-6-19)4-5-10(11)12(20)18-8-13(15,16)17/h4-5,7,19H,2,6,8H2,(H,18,20). The lowest BCUT2D eigenvalue weighted by Crippen LogP contribution is -2.34. The summed E-state index contributed by atoms with van der Waals surface area (Å²) < 4.78 is 49.3. The maximum atomic E-state index is 13.6. The number of rotatable bonds is 3. The van der Waals surface area contributed by atoms with Crippen LogP contribution in [0.4, 0.5) is 17.6 Å². The van der Waals surface area contributed by atoms with Crippen molar-refractivity contribution in [1.82, 2.24) is 5.32 Å². The Bertz CT molecular complexity index is 544. The molecule has 0 atom stereocenters. The van der Waals surface area contributed by atoms with Gasteiger partial charge < -0.3 is 10.4 Å². The van der Waals surface area contributed by atoms with Gasteiger partial charge in [-0.3, -0.25) is 4.79 Å². The van der Waals surface area contributed by atoms with E-state index in [1.54, 1.807) is 5.32 Å². The van der Waals surface area contributed by atoms with E-state index < -0.39 is 30.0 Å². The number of hydrogen-bond donors (Lipinski definition) is 2. The van der Waals surface area contributed by atoms with Crippen LogP contribution in [0.3, 0.4) is 0 Å². The quantitative estimate of drug-likeness (QED) is 0.659. The van der Waals surface area contributed by atoms with Crippen LogP contribution in [0.25, 0.3) is 0 Å². The van der Waals surface area contributed by atoms with Crippen LogP contribution in [0, 0.1) is 17.7 Å². The van der Waals surface area contributed by atoms with Gasteiger partial charge in [0.05, 0.1) is 12.2 Å². The Kier molecular flexibility index (Phi) is 5.53. The van der Waals surface area contributed by atoms with E-state index in [0.717, 1.165) is 12.1 Å². The summed E-state index contributed by atoms with van der Waals surface area (Å²) in [6.07, 6.45) is -4.34. The molecule has 0 aromatic heterocycles. The molecule has 2 N–H and O–H groups in total. The molecule has 1 aromatic rings. The van der Waals surface area contributed by atoms with Gasteiger partial charge in [0, 0.05) is 12.0 Å². The molecule has 0 saturated carbocycles. The molecule has 20 heavy (non-hydrogen) atoms. The van der Waals surface area contributed by atoms with Gasteiger partial charge in [-0.15, -0.1) is 0 Å². The van der Waals surface area contributed by atoms with Gasteiger partial charge in [0.25, 0.3) is 5.91 Å². The number of hydrogen-bond acceptors (Lipinski definition) is 2. The third-order valence-electron chi connectivity index (χ3n) is 2.13. The molecule has 0 aliphatic rings. The molecule has 108 valence electrons. The Labute approximate surface area is 112 Å². The van der Waals surface area contributed by atoms with E-state index in [1.807, 2.05) is 0 Å². The lowest BCUT2D eigenvalue weighted by atomic mass is 10.1. The Morgan fingerprint density at radius 2 is 2.05 bits per heavy atom. The highest BCUT2D eigenvalue weighted by Crippen LogP contribution is 2.14. The number of nitrogens with one attached hydrogen (secondary N) is 1. The molecular formula is C13H11F4NO2. The number of halogens is 4. The van der Waals surface area contributed by atoms with Crippen molar-refractivity contribution in [3.05, 3.63) is 35.1 Å². The molecule has 0 fully saturated rings. The molecule has 1 aromatic carbocycles. The van der Waals surface area contributed by atoms with Gasteiger partial charge in [-0.2, -0.15) is 13.2 Å². The van der Waals surface area contributed by atoms with Crippen molar-refractivity contribution < 1.29 is 27.5 Å². The van der Waals surface area contributed by atoms with Crippen LogP contribution in [-0.4, -0.2) is 30.3 Å². The normalized spacial score (nSPS) is 10.7. The Morgan fingerprint density at radius 1 is 1.35 bits per heavy atom. The minimum atomic E-state index is -4.55. The number of aliphatic hydroxyl groups excluding tert-OH is 1. The molecule has 7 heteroatoms. The highest BCUT2D eigenvalue weighted by atomic mass is 19.4. The van der Waals surface area contributed by atoms with E-state index >= 15 is 0 Å². The summed E-state index contributed by atoms with van der Waals surface area (Å²) in [6.45, 7) is -1.66. The molecule has 0 heterocycles. The van der Waals surface area contributed by atoms with E-state index in [0.29, 0.717) is 0 Å². The van der Waals surface area contributed by atoms with Crippen molar-refractivity contribution in [1.29, 1.82) is 0 Å². The lowest BCUT2D eigenvalue weighted by Gasteiger charge is -2.08. The molecule has 0 saturated heterocycles. The number of amides is 1. The molecule has 1 rings (SSSR count). The first-order valence-electron chi connectivity index (χ1n) is 5.57. The summed E-state index contributed by atoms with van der Waals surface area (Å²) in [4.78, 5) is 11.4. The van der Waals surface area contributed by atoms with Gasteiger partial charge in [0.15, 0.2) is 0 Å². The summed E-state index contributed by atoms with van der Waals surface area (Å²) in [5.74, 6) is 3.00. The first-order valence-corrected chi connectivity index (χ1v) is 5.57. The number of carbonyl (C=O) groups is 1. The van der Waals surface area contributed by atoms with Crippen molar-refractivity contribution in [3.8, 4) is 11.8 Å². The number of carbonyl (C=O) groups excluding carboxylic acids is 1. The Hall–Kier alpha value is -2.07. The minimum absolute atomic E-state index is 0.132. The maximum Gasteiger partial charge on any atom is 0.405 e. The molecule has 1 amide bonds. The van der Waals surface area contributed by atoms with Crippen molar-refractivity contribution >= 4 is 5.91 Å². The molecule has 0 bridgehead atoms. The van der Waals surface area contributed by atoms with E-state index in [4.69, 9.17) is 5.11 Å². The van der Waals surface area contributed by atoms with Crippen LogP contribution in [0.1, 0.15) is 22.3 Å². The summed E-state index contributed by atoms with van der Waals surface area (Å²) in [7, 11) is 0. The third kappa shape index (κ3) is 5.28. The van der Waals surface area contributed by atoms with Crippen molar-refractivity contribution in [2.75, 3.05) is 13.2 Å². The van der Waals surface area contributed by atoms with Crippen molar-refractivity contribution in [2.24, 2.45) is 0 Å². The predicted molar refractivity (Wildman–Crippen MR) is 63.4 cm³/mol. The van der Waals surface area contributed by atoms with Gasteiger partial charge in [0.1, 0.15) is 12.4 Å². The molecular weight excluding hydrogens is 278 g/mol. The monoisotopic (exact) mass is 289 g/mol. The van der Waals surface area contributed by atoms with Crippen LogP contribution in [0.2, 0.25) is 0 Å². The molecule has 3 nitrogen and oxygen atoms in total. The van der Waals surface area contributed by atoms with Crippen molar-refractivity contribution in [3.63, 3.8) is 0 Å². The highest BCUT2D eigenvalue weighted by Gasteiger charge is 2.28. The van der Waals surface area contributed by atoms with Crippen LogP contribution < -0.4 is 5.32 Å². The van der Waals surface area contributed by atoms with Crippen molar-refractivity contribution in [2.45, 2.75) is 12.6 Å². The smallest absolute Gasteiger partial charge is 0.395 e. The first kappa shape index (κ1) is 16.0. The fourth-order valence-electron chi connectivity index (χ4n) is 1.27. The molecule has 0 aliphatic heterocycles. The molecule has 0 aliphatic carbocycles. The van der Waals surface area contributed by atoms with Crippen LogP contribution in [-0.2, 0) is 0 Å². The molecule has 0 radical (unpaired) electrons. The highest BCUT2D eigenvalue weighted by molar-refractivity contribution is 5.94. The van der Waals surface area contributed by atoms with E-state index in [1.165, 1.54) is 6.07 Å². The topological polar surface area (TPSA) is 49.3 Å². The molecule has 0 spiro atoms. The lowest BCUT2D eigenvalue weighted by molar-refractivity contribution is -0.123. The fourth-order valence-corrected chi connectivity index (χ4v) is 1.27.